The first-order chi connectivity index (χ1) is 7.46. The van der Waals surface area contributed by atoms with Crippen LogP contribution in [-0.4, -0.2) is 29.7 Å². The van der Waals surface area contributed by atoms with Crippen molar-refractivity contribution >= 4 is 6.09 Å². The molecule has 3 nitrogen and oxygen atoms in total. The molecule has 94 valence electrons. The van der Waals surface area contributed by atoms with Crippen LogP contribution >= 0.6 is 0 Å². The third-order valence-corrected chi connectivity index (χ3v) is 3.63. The van der Waals surface area contributed by atoms with Crippen LogP contribution in [0.15, 0.2) is 0 Å². The fourth-order valence-electron chi connectivity index (χ4n) is 2.00. The van der Waals surface area contributed by atoms with Crippen LogP contribution < -0.4 is 0 Å². The van der Waals surface area contributed by atoms with Crippen molar-refractivity contribution in [1.82, 2.24) is 4.90 Å². The number of hydrogen-bond acceptors (Lipinski definition) is 2. The van der Waals surface area contributed by atoms with Crippen molar-refractivity contribution < 1.29 is 9.53 Å². The van der Waals surface area contributed by atoms with Gasteiger partial charge in [-0.2, -0.15) is 0 Å². The van der Waals surface area contributed by atoms with Crippen LogP contribution in [0.25, 0.3) is 0 Å². The summed E-state index contributed by atoms with van der Waals surface area (Å²) in [6.45, 7) is 5.95. The van der Waals surface area contributed by atoms with Crippen LogP contribution in [0.3, 0.4) is 0 Å². The second kappa shape index (κ2) is 5.55. The Bertz CT molecular complexity index is 232. The summed E-state index contributed by atoms with van der Waals surface area (Å²) in [5.74, 6) is 0. The average Bonchev–Trinajstić information content (AvgIpc) is 2.28. The largest absolute Gasteiger partial charge is 0.443 e. The standard InChI is InChI=1S/C13H25NO2/c1-5-13(2,3)16-12(15)14(4)11-9-7-6-8-10-11/h11H,5-10H2,1-4H3. The second-order valence-electron chi connectivity index (χ2n) is 5.38. The van der Waals surface area contributed by atoms with Crippen LogP contribution in [0.1, 0.15) is 59.3 Å². The van der Waals surface area contributed by atoms with E-state index in [9.17, 15) is 4.79 Å². The van der Waals surface area contributed by atoms with Gasteiger partial charge in [-0.25, -0.2) is 4.79 Å². The first-order valence-corrected chi connectivity index (χ1v) is 6.42. The highest BCUT2D eigenvalue weighted by molar-refractivity contribution is 5.68. The van der Waals surface area contributed by atoms with Gasteiger partial charge in [0.25, 0.3) is 0 Å². The molecule has 0 radical (unpaired) electrons. The normalized spacial score (nSPS) is 18.2. The van der Waals surface area contributed by atoms with Gasteiger partial charge in [-0.05, 0) is 33.1 Å². The van der Waals surface area contributed by atoms with Gasteiger partial charge in [0.05, 0.1) is 0 Å². The Morgan fingerprint density at radius 3 is 2.38 bits per heavy atom. The summed E-state index contributed by atoms with van der Waals surface area (Å²) < 4.78 is 5.49. The molecule has 0 aromatic rings. The second-order valence-corrected chi connectivity index (χ2v) is 5.38. The fourth-order valence-corrected chi connectivity index (χ4v) is 2.00. The summed E-state index contributed by atoms with van der Waals surface area (Å²) in [4.78, 5) is 13.7. The third kappa shape index (κ3) is 3.69. The van der Waals surface area contributed by atoms with E-state index >= 15 is 0 Å². The molecule has 3 heteroatoms. The highest BCUT2D eigenvalue weighted by Crippen LogP contribution is 2.23. The quantitative estimate of drug-likeness (QED) is 0.737. The predicted molar refractivity (Wildman–Crippen MR) is 65.5 cm³/mol. The molecule has 0 aliphatic heterocycles. The molecule has 0 aromatic carbocycles. The summed E-state index contributed by atoms with van der Waals surface area (Å²) >= 11 is 0. The Hall–Kier alpha value is -0.730. The Morgan fingerprint density at radius 1 is 1.31 bits per heavy atom. The molecule has 0 saturated heterocycles. The van der Waals surface area contributed by atoms with E-state index in [0.717, 1.165) is 19.3 Å². The lowest BCUT2D eigenvalue weighted by Gasteiger charge is -2.33. The van der Waals surface area contributed by atoms with Gasteiger partial charge < -0.3 is 9.64 Å². The fraction of sp³-hybridized carbons (Fsp3) is 0.923. The summed E-state index contributed by atoms with van der Waals surface area (Å²) in [7, 11) is 1.87. The van der Waals surface area contributed by atoms with E-state index in [1.54, 1.807) is 4.90 Å². The Kier molecular flexibility index (Phi) is 4.63. The van der Waals surface area contributed by atoms with Crippen LogP contribution in [0.2, 0.25) is 0 Å². The molecular formula is C13H25NO2. The number of hydrogen-bond donors (Lipinski definition) is 0. The molecule has 0 bridgehead atoms. The minimum absolute atomic E-state index is 0.168. The summed E-state index contributed by atoms with van der Waals surface area (Å²) in [5.41, 5.74) is -0.347. The van der Waals surface area contributed by atoms with Crippen molar-refractivity contribution in [2.45, 2.75) is 70.9 Å². The molecule has 1 saturated carbocycles. The van der Waals surface area contributed by atoms with Crippen LogP contribution in [0, 0.1) is 0 Å². The maximum Gasteiger partial charge on any atom is 0.410 e. The van der Waals surface area contributed by atoms with E-state index in [2.05, 4.69) is 0 Å². The van der Waals surface area contributed by atoms with Crippen molar-refractivity contribution in [2.24, 2.45) is 0 Å². The molecule has 0 atom stereocenters. The smallest absolute Gasteiger partial charge is 0.410 e. The number of nitrogens with zero attached hydrogens (tertiary/aromatic N) is 1. The Labute approximate surface area is 99.1 Å². The predicted octanol–water partition coefficient (Wildman–Crippen LogP) is 3.58. The molecule has 1 fully saturated rings. The Morgan fingerprint density at radius 2 is 1.88 bits per heavy atom. The van der Waals surface area contributed by atoms with Gasteiger partial charge in [0, 0.05) is 13.1 Å². The maximum absolute atomic E-state index is 11.9. The number of carbonyl (C=O) groups excluding carboxylic acids is 1. The molecule has 0 aromatic heterocycles. The molecule has 1 aliphatic rings. The van der Waals surface area contributed by atoms with Gasteiger partial charge in [0.15, 0.2) is 0 Å². The lowest BCUT2D eigenvalue weighted by molar-refractivity contribution is 0.00614. The zero-order valence-corrected chi connectivity index (χ0v) is 11.1. The van der Waals surface area contributed by atoms with E-state index in [-0.39, 0.29) is 11.7 Å². The molecule has 0 heterocycles. The monoisotopic (exact) mass is 227 g/mol. The zero-order valence-electron chi connectivity index (χ0n) is 11.1. The van der Waals surface area contributed by atoms with E-state index < -0.39 is 0 Å². The van der Waals surface area contributed by atoms with Gasteiger partial charge >= 0.3 is 6.09 Å². The van der Waals surface area contributed by atoms with Crippen LogP contribution in [0.5, 0.6) is 0 Å². The van der Waals surface area contributed by atoms with E-state index in [1.807, 2.05) is 27.8 Å². The van der Waals surface area contributed by atoms with Crippen molar-refractivity contribution in [2.75, 3.05) is 7.05 Å². The minimum Gasteiger partial charge on any atom is -0.443 e. The third-order valence-electron chi connectivity index (χ3n) is 3.63. The summed E-state index contributed by atoms with van der Waals surface area (Å²) in [6, 6.07) is 0.383. The number of rotatable bonds is 3. The molecule has 0 N–H and O–H groups in total. The van der Waals surface area contributed by atoms with Crippen LogP contribution in [-0.2, 0) is 4.74 Å². The highest BCUT2D eigenvalue weighted by Gasteiger charge is 2.27. The average molecular weight is 227 g/mol. The molecule has 1 amide bonds. The molecule has 0 unspecified atom stereocenters. The van der Waals surface area contributed by atoms with Crippen molar-refractivity contribution in [3.63, 3.8) is 0 Å². The van der Waals surface area contributed by atoms with E-state index in [1.165, 1.54) is 19.3 Å². The van der Waals surface area contributed by atoms with Gasteiger partial charge in [0.1, 0.15) is 5.60 Å². The van der Waals surface area contributed by atoms with Gasteiger partial charge in [-0.1, -0.05) is 26.2 Å². The topological polar surface area (TPSA) is 29.5 Å². The van der Waals surface area contributed by atoms with E-state index in [0.29, 0.717) is 6.04 Å². The number of carbonyl (C=O) groups is 1. The highest BCUT2D eigenvalue weighted by atomic mass is 16.6. The first-order valence-electron chi connectivity index (χ1n) is 6.42. The Balaban J connectivity index is 2.46. The molecule has 0 spiro atoms. The van der Waals surface area contributed by atoms with Crippen molar-refractivity contribution in [3.05, 3.63) is 0 Å². The van der Waals surface area contributed by atoms with Crippen molar-refractivity contribution in [1.29, 1.82) is 0 Å². The zero-order chi connectivity index (χ0) is 12.2. The first kappa shape index (κ1) is 13.3. The van der Waals surface area contributed by atoms with Crippen LogP contribution in [0.4, 0.5) is 4.79 Å². The SMILES string of the molecule is CCC(C)(C)OC(=O)N(C)C1CCCCC1. The maximum atomic E-state index is 11.9. The molecule has 1 aliphatic carbocycles. The number of amides is 1. The number of ether oxygens (including phenoxy) is 1. The molecular weight excluding hydrogens is 202 g/mol. The van der Waals surface area contributed by atoms with Gasteiger partial charge in [0.2, 0.25) is 0 Å². The lowest BCUT2D eigenvalue weighted by Crippen LogP contribution is -2.42. The van der Waals surface area contributed by atoms with Gasteiger partial charge in [-0.15, -0.1) is 0 Å². The van der Waals surface area contributed by atoms with Gasteiger partial charge in [-0.3, -0.25) is 0 Å². The summed E-state index contributed by atoms with van der Waals surface area (Å²) in [5, 5.41) is 0. The minimum atomic E-state index is -0.347. The lowest BCUT2D eigenvalue weighted by atomic mass is 9.95. The summed E-state index contributed by atoms with van der Waals surface area (Å²) in [6.07, 6.45) is 6.70. The van der Waals surface area contributed by atoms with Crippen molar-refractivity contribution in [3.8, 4) is 0 Å². The molecule has 1 rings (SSSR count). The van der Waals surface area contributed by atoms with E-state index in [4.69, 9.17) is 4.74 Å². The molecule has 16 heavy (non-hydrogen) atoms.